The molecular formula is C16H26N2O3. The summed E-state index contributed by atoms with van der Waals surface area (Å²) in [4.78, 5) is 14.0. The van der Waals surface area contributed by atoms with Crippen molar-refractivity contribution in [2.75, 3.05) is 30.9 Å². The molecule has 0 fully saturated rings. The maximum absolute atomic E-state index is 11.9. The molecule has 0 spiro atoms. The van der Waals surface area contributed by atoms with Crippen molar-refractivity contribution in [2.45, 2.75) is 39.7 Å². The van der Waals surface area contributed by atoms with Crippen molar-refractivity contribution in [1.29, 1.82) is 0 Å². The monoisotopic (exact) mass is 294 g/mol. The summed E-state index contributed by atoms with van der Waals surface area (Å²) in [6, 6.07) is 4.02. The zero-order valence-corrected chi connectivity index (χ0v) is 13.3. The predicted molar refractivity (Wildman–Crippen MR) is 85.7 cm³/mol. The zero-order chi connectivity index (χ0) is 16.0. The van der Waals surface area contributed by atoms with E-state index in [1.165, 1.54) is 7.11 Å². The van der Waals surface area contributed by atoms with Crippen LogP contribution in [0.4, 0.5) is 11.4 Å². The van der Waals surface area contributed by atoms with E-state index in [1.54, 1.807) is 6.07 Å². The molecule has 1 aromatic carbocycles. The van der Waals surface area contributed by atoms with Gasteiger partial charge in [-0.3, -0.25) is 0 Å². The highest BCUT2D eigenvalue weighted by Gasteiger charge is 2.20. The Bertz CT molecular complexity index is 485. The molecule has 0 atom stereocenters. The van der Waals surface area contributed by atoms with Gasteiger partial charge in [0.05, 0.1) is 19.3 Å². The lowest BCUT2D eigenvalue weighted by Gasteiger charge is -2.33. The Morgan fingerprint density at radius 1 is 1.38 bits per heavy atom. The van der Waals surface area contributed by atoms with Gasteiger partial charge >= 0.3 is 5.97 Å². The van der Waals surface area contributed by atoms with Crippen molar-refractivity contribution < 1.29 is 14.6 Å². The van der Waals surface area contributed by atoms with Gasteiger partial charge in [-0.05, 0) is 37.5 Å². The van der Waals surface area contributed by atoms with Gasteiger partial charge in [0.2, 0.25) is 0 Å². The summed E-state index contributed by atoms with van der Waals surface area (Å²) in [5, 5.41) is 9.33. The molecule has 3 N–H and O–H groups in total. The zero-order valence-electron chi connectivity index (χ0n) is 13.3. The fraction of sp³-hybridized carbons (Fsp3) is 0.562. The topological polar surface area (TPSA) is 75.8 Å². The van der Waals surface area contributed by atoms with Crippen molar-refractivity contribution in [3.63, 3.8) is 0 Å². The van der Waals surface area contributed by atoms with Crippen LogP contribution in [0.25, 0.3) is 0 Å². The molecule has 0 aliphatic rings. The van der Waals surface area contributed by atoms with Gasteiger partial charge in [0.15, 0.2) is 0 Å². The average molecular weight is 294 g/mol. The molecule has 1 rings (SSSR count). The van der Waals surface area contributed by atoms with E-state index >= 15 is 0 Å². The number of aliphatic hydroxyl groups excluding tert-OH is 1. The summed E-state index contributed by atoms with van der Waals surface area (Å²) in [6.45, 7) is 6.69. The molecule has 0 radical (unpaired) electrons. The van der Waals surface area contributed by atoms with Gasteiger partial charge in [0.1, 0.15) is 0 Å². The van der Waals surface area contributed by atoms with Crippen LogP contribution in [0.2, 0.25) is 0 Å². The summed E-state index contributed by atoms with van der Waals surface area (Å²) in [6.07, 6.45) is 1.93. The number of nitrogen functional groups attached to an aromatic ring is 1. The van der Waals surface area contributed by atoms with E-state index in [-0.39, 0.29) is 6.61 Å². The number of aliphatic hydroxyl groups is 1. The molecular weight excluding hydrogens is 268 g/mol. The Balaban J connectivity index is 3.31. The Labute approximate surface area is 126 Å². The highest BCUT2D eigenvalue weighted by atomic mass is 16.5. The number of methoxy groups -OCH3 is 1. The van der Waals surface area contributed by atoms with Crippen LogP contribution in [-0.2, 0) is 4.74 Å². The highest BCUT2D eigenvalue weighted by Crippen LogP contribution is 2.28. The summed E-state index contributed by atoms with van der Waals surface area (Å²) in [5.74, 6) is -0.439. The number of hydrogen-bond donors (Lipinski definition) is 2. The SMILES string of the molecule is CCC(CC)N(CCO)c1cc(C)c(N)c(C(=O)OC)c1. The number of ether oxygens (including phenoxy) is 1. The van der Waals surface area contributed by atoms with Crippen LogP contribution in [0.15, 0.2) is 12.1 Å². The number of carbonyl (C=O) groups excluding carboxylic acids is 1. The molecule has 5 heteroatoms. The van der Waals surface area contributed by atoms with Crippen molar-refractivity contribution in [3.05, 3.63) is 23.3 Å². The quantitative estimate of drug-likeness (QED) is 0.596. The third-order valence-electron chi connectivity index (χ3n) is 3.83. The summed E-state index contributed by atoms with van der Waals surface area (Å²) in [7, 11) is 1.34. The van der Waals surface area contributed by atoms with E-state index in [4.69, 9.17) is 10.5 Å². The van der Waals surface area contributed by atoms with E-state index in [9.17, 15) is 9.90 Å². The lowest BCUT2D eigenvalue weighted by Crippen LogP contribution is -2.37. The number of carbonyl (C=O) groups is 1. The maximum Gasteiger partial charge on any atom is 0.340 e. The minimum absolute atomic E-state index is 0.0630. The van der Waals surface area contributed by atoms with E-state index < -0.39 is 5.97 Å². The number of nitrogens with zero attached hydrogens (tertiary/aromatic N) is 1. The summed E-state index contributed by atoms with van der Waals surface area (Å²) >= 11 is 0. The number of rotatable bonds is 7. The van der Waals surface area contributed by atoms with Crippen LogP contribution in [-0.4, -0.2) is 37.4 Å². The molecule has 0 amide bonds. The lowest BCUT2D eigenvalue weighted by molar-refractivity contribution is 0.0602. The first kappa shape index (κ1) is 17.3. The first-order valence-electron chi connectivity index (χ1n) is 7.35. The second-order valence-corrected chi connectivity index (χ2v) is 5.10. The van der Waals surface area contributed by atoms with Crippen molar-refractivity contribution in [2.24, 2.45) is 0 Å². The van der Waals surface area contributed by atoms with Gasteiger partial charge in [0, 0.05) is 24.0 Å². The van der Waals surface area contributed by atoms with Gasteiger partial charge in [-0.2, -0.15) is 0 Å². The summed E-state index contributed by atoms with van der Waals surface area (Å²) < 4.78 is 4.79. The lowest BCUT2D eigenvalue weighted by atomic mass is 10.0. The van der Waals surface area contributed by atoms with E-state index in [0.717, 1.165) is 24.1 Å². The van der Waals surface area contributed by atoms with Crippen molar-refractivity contribution >= 4 is 17.3 Å². The third kappa shape index (κ3) is 3.88. The van der Waals surface area contributed by atoms with Crippen molar-refractivity contribution in [1.82, 2.24) is 0 Å². The normalized spacial score (nSPS) is 10.8. The predicted octanol–water partition coefficient (Wildman–Crippen LogP) is 2.35. The van der Waals surface area contributed by atoms with Gasteiger partial charge in [-0.1, -0.05) is 13.8 Å². The number of anilines is 2. The average Bonchev–Trinajstić information content (AvgIpc) is 2.49. The molecule has 0 heterocycles. The molecule has 5 nitrogen and oxygen atoms in total. The van der Waals surface area contributed by atoms with Gasteiger partial charge < -0.3 is 20.5 Å². The molecule has 118 valence electrons. The first-order valence-corrected chi connectivity index (χ1v) is 7.35. The minimum Gasteiger partial charge on any atom is -0.465 e. The number of nitrogens with two attached hydrogens (primary N) is 1. The fourth-order valence-electron chi connectivity index (χ4n) is 2.58. The minimum atomic E-state index is -0.439. The number of hydrogen-bond acceptors (Lipinski definition) is 5. The first-order chi connectivity index (χ1) is 9.99. The summed E-state index contributed by atoms with van der Waals surface area (Å²) in [5.41, 5.74) is 8.52. The van der Waals surface area contributed by atoms with Crippen LogP contribution >= 0.6 is 0 Å². The van der Waals surface area contributed by atoms with Gasteiger partial charge in [0.25, 0.3) is 0 Å². The van der Waals surface area contributed by atoms with E-state index in [0.29, 0.717) is 23.8 Å². The van der Waals surface area contributed by atoms with Crippen LogP contribution in [0.5, 0.6) is 0 Å². The van der Waals surface area contributed by atoms with Crippen LogP contribution in [0, 0.1) is 6.92 Å². The standard InChI is InChI=1S/C16H26N2O3/c1-5-12(6-2)18(7-8-19)13-9-11(3)15(17)14(10-13)16(20)21-4/h9-10,12,19H,5-8,17H2,1-4H3. The van der Waals surface area contributed by atoms with Gasteiger partial charge in [-0.15, -0.1) is 0 Å². The molecule has 21 heavy (non-hydrogen) atoms. The second-order valence-electron chi connectivity index (χ2n) is 5.10. The molecule has 0 aliphatic carbocycles. The highest BCUT2D eigenvalue weighted by molar-refractivity contribution is 5.97. The Morgan fingerprint density at radius 3 is 2.48 bits per heavy atom. The Hall–Kier alpha value is -1.75. The van der Waals surface area contributed by atoms with Crippen LogP contribution < -0.4 is 10.6 Å². The van der Waals surface area contributed by atoms with Gasteiger partial charge in [-0.25, -0.2) is 4.79 Å². The number of esters is 1. The van der Waals surface area contributed by atoms with E-state index in [1.807, 2.05) is 13.0 Å². The molecule has 0 unspecified atom stereocenters. The number of aryl methyl sites for hydroxylation is 1. The van der Waals surface area contributed by atoms with Crippen LogP contribution in [0.3, 0.4) is 0 Å². The number of benzene rings is 1. The van der Waals surface area contributed by atoms with E-state index in [2.05, 4.69) is 18.7 Å². The largest absolute Gasteiger partial charge is 0.465 e. The van der Waals surface area contributed by atoms with Crippen molar-refractivity contribution in [3.8, 4) is 0 Å². The Kier molecular flexibility index (Phi) is 6.49. The van der Waals surface area contributed by atoms with Crippen LogP contribution in [0.1, 0.15) is 42.6 Å². The third-order valence-corrected chi connectivity index (χ3v) is 3.83. The fourth-order valence-corrected chi connectivity index (χ4v) is 2.58. The molecule has 1 aromatic rings. The molecule has 0 aromatic heterocycles. The molecule has 0 saturated carbocycles. The molecule has 0 saturated heterocycles. The Morgan fingerprint density at radius 2 is 2.00 bits per heavy atom. The second kappa shape index (κ2) is 7.88. The maximum atomic E-state index is 11.9. The molecule has 0 bridgehead atoms. The smallest absolute Gasteiger partial charge is 0.340 e. The molecule has 0 aliphatic heterocycles.